The van der Waals surface area contributed by atoms with E-state index < -0.39 is 0 Å². The van der Waals surface area contributed by atoms with Gasteiger partial charge >= 0.3 is 0 Å². The lowest BCUT2D eigenvalue weighted by Gasteiger charge is -2.35. The van der Waals surface area contributed by atoms with Crippen molar-refractivity contribution in [2.24, 2.45) is 5.92 Å². The highest BCUT2D eigenvalue weighted by atomic mass is 32.2. The first-order chi connectivity index (χ1) is 15.0. The summed E-state index contributed by atoms with van der Waals surface area (Å²) in [5.41, 5.74) is 0. The van der Waals surface area contributed by atoms with Gasteiger partial charge in [0.05, 0.1) is 19.5 Å². The van der Waals surface area contributed by atoms with Crippen molar-refractivity contribution in [2.45, 2.75) is 25.7 Å². The summed E-state index contributed by atoms with van der Waals surface area (Å²) in [7, 11) is 1.42. The number of anilines is 1. The van der Waals surface area contributed by atoms with E-state index in [9.17, 15) is 4.79 Å². The van der Waals surface area contributed by atoms with E-state index in [4.69, 9.17) is 9.47 Å². The zero-order chi connectivity index (χ0) is 22.2. The van der Waals surface area contributed by atoms with Gasteiger partial charge in [0.1, 0.15) is 17.9 Å². The van der Waals surface area contributed by atoms with Crippen LogP contribution in [0.4, 0.5) is 5.82 Å². The number of nitrogens with zero attached hydrogens (tertiary/aromatic N) is 4. The Kier molecular flexibility index (Phi) is 8.28. The van der Waals surface area contributed by atoms with E-state index in [0.29, 0.717) is 37.2 Å². The fourth-order valence-electron chi connectivity index (χ4n) is 3.31. The van der Waals surface area contributed by atoms with Crippen LogP contribution in [0.1, 0.15) is 20.8 Å². The van der Waals surface area contributed by atoms with Crippen molar-refractivity contribution in [3.05, 3.63) is 36.7 Å². The second-order valence-corrected chi connectivity index (χ2v) is 9.86. The van der Waals surface area contributed by atoms with Crippen LogP contribution in [0.5, 0.6) is 11.6 Å². The van der Waals surface area contributed by atoms with Gasteiger partial charge in [-0.3, -0.25) is 4.79 Å². The van der Waals surface area contributed by atoms with Crippen LogP contribution >= 0.6 is 10.5 Å². The fourth-order valence-corrected chi connectivity index (χ4v) is 4.89. The molecule has 1 unspecified atom stereocenters. The Morgan fingerprint density at radius 3 is 2.65 bits per heavy atom. The van der Waals surface area contributed by atoms with E-state index in [1.807, 2.05) is 36.1 Å². The topological polar surface area (TPSA) is 67.8 Å². The van der Waals surface area contributed by atoms with Gasteiger partial charge in [-0.1, -0.05) is 25.3 Å². The number of piperazine rings is 1. The van der Waals surface area contributed by atoms with Gasteiger partial charge in [0, 0.05) is 37.1 Å². The van der Waals surface area contributed by atoms with Crippen LogP contribution in [-0.4, -0.2) is 71.8 Å². The van der Waals surface area contributed by atoms with Crippen molar-refractivity contribution >= 4 is 27.6 Å². The van der Waals surface area contributed by atoms with Gasteiger partial charge < -0.3 is 19.3 Å². The summed E-state index contributed by atoms with van der Waals surface area (Å²) in [6.07, 6.45) is 1.54. The van der Waals surface area contributed by atoms with Crippen molar-refractivity contribution in [3.63, 3.8) is 0 Å². The minimum Gasteiger partial charge on any atom is -0.497 e. The molecule has 0 N–H and O–H groups in total. The van der Waals surface area contributed by atoms with E-state index in [2.05, 4.69) is 40.1 Å². The third kappa shape index (κ3) is 6.43. The second-order valence-electron chi connectivity index (χ2n) is 7.78. The quantitative estimate of drug-likeness (QED) is 0.582. The number of carbonyl (C=O) groups excluding carboxylic acids is 1. The molecule has 2 aromatic rings. The molecule has 1 atom stereocenters. The van der Waals surface area contributed by atoms with Crippen molar-refractivity contribution in [1.82, 2.24) is 14.9 Å². The first-order valence-electron chi connectivity index (χ1n) is 10.6. The molecule has 0 spiro atoms. The highest BCUT2D eigenvalue weighted by Gasteiger charge is 2.23. The van der Waals surface area contributed by atoms with Crippen molar-refractivity contribution in [3.8, 4) is 11.6 Å². The number of hydrogen-bond donors (Lipinski definition) is 0. The lowest BCUT2D eigenvalue weighted by Crippen LogP contribution is -2.49. The fraction of sp³-hybridized carbons (Fsp3) is 0.478. The molecule has 2 heterocycles. The average Bonchev–Trinajstić information content (AvgIpc) is 2.81. The van der Waals surface area contributed by atoms with Gasteiger partial charge in [-0.15, -0.1) is 10.5 Å². The molecular formula is C23H32N4O3S. The summed E-state index contributed by atoms with van der Waals surface area (Å²) < 4.78 is 11.0. The van der Waals surface area contributed by atoms with E-state index in [-0.39, 0.29) is 16.4 Å². The minimum atomic E-state index is -0.240. The van der Waals surface area contributed by atoms with Crippen LogP contribution in [0, 0.1) is 5.92 Å². The molecule has 7 nitrogen and oxygen atoms in total. The van der Waals surface area contributed by atoms with Gasteiger partial charge in [-0.25, -0.2) is 9.97 Å². The van der Waals surface area contributed by atoms with Crippen molar-refractivity contribution < 1.29 is 14.3 Å². The van der Waals surface area contributed by atoms with Gasteiger partial charge in [0.25, 0.3) is 0 Å². The van der Waals surface area contributed by atoms with Crippen molar-refractivity contribution in [2.75, 3.05) is 50.5 Å². The van der Waals surface area contributed by atoms with Gasteiger partial charge in [-0.2, -0.15) is 0 Å². The summed E-state index contributed by atoms with van der Waals surface area (Å²) in [5.74, 6) is 3.38. The molecule has 0 aliphatic carbocycles. The summed E-state index contributed by atoms with van der Waals surface area (Å²) >= 11 is 0. The Balaban J connectivity index is 1.56. The third-order valence-corrected chi connectivity index (χ3v) is 7.04. The molecule has 31 heavy (non-hydrogen) atoms. The number of amides is 1. The van der Waals surface area contributed by atoms with Crippen LogP contribution in [0.3, 0.4) is 0 Å². The summed E-state index contributed by atoms with van der Waals surface area (Å²) in [6.45, 7) is 9.71. The van der Waals surface area contributed by atoms with Crippen LogP contribution in [0.15, 0.2) is 41.6 Å². The molecule has 0 bridgehead atoms. The molecule has 1 fully saturated rings. The molecule has 1 amide bonds. The molecule has 1 aliphatic rings. The van der Waals surface area contributed by atoms with Gasteiger partial charge in [-0.05, 0) is 31.0 Å². The molecule has 1 aliphatic heterocycles. The lowest BCUT2D eigenvalue weighted by atomic mass is 10.2. The maximum Gasteiger partial charge on any atom is 0.232 e. The van der Waals surface area contributed by atoms with E-state index in [0.717, 1.165) is 29.6 Å². The standard InChI is InChI=1S/C23H32N4O3S/c1-5-31(20-8-6-7-19(13-20)29-4)16-23(28)27-11-9-26(10-12-27)21-14-22(25-17-24-21)30-15-18(2)3/h5-8,13-14,17-18H,9-12,15-16H2,1-4H3. The van der Waals surface area contributed by atoms with E-state index in [1.54, 1.807) is 13.4 Å². The smallest absolute Gasteiger partial charge is 0.232 e. The molecule has 1 aromatic carbocycles. The van der Waals surface area contributed by atoms with Gasteiger partial charge in [0.15, 0.2) is 0 Å². The minimum absolute atomic E-state index is 0.188. The summed E-state index contributed by atoms with van der Waals surface area (Å²) in [6, 6.07) is 9.86. The third-order valence-electron chi connectivity index (χ3n) is 5.06. The predicted molar refractivity (Wildman–Crippen MR) is 127 cm³/mol. The first kappa shape index (κ1) is 23.1. The summed E-state index contributed by atoms with van der Waals surface area (Å²) in [4.78, 5) is 26.8. The Bertz CT molecular complexity index is 911. The first-order valence-corrected chi connectivity index (χ1v) is 12.1. The number of carbonyl (C=O) groups is 1. The number of benzene rings is 1. The highest BCUT2D eigenvalue weighted by molar-refractivity contribution is 8.15. The zero-order valence-electron chi connectivity index (χ0n) is 18.8. The Labute approximate surface area is 187 Å². The van der Waals surface area contributed by atoms with Crippen LogP contribution in [-0.2, 0) is 4.79 Å². The normalized spacial score (nSPS) is 15.3. The maximum absolute atomic E-state index is 13.0. The maximum atomic E-state index is 13.0. The predicted octanol–water partition coefficient (Wildman–Crippen LogP) is 3.32. The number of hydrogen-bond acceptors (Lipinski definition) is 6. The number of rotatable bonds is 8. The summed E-state index contributed by atoms with van der Waals surface area (Å²) in [5, 5.41) is 2.11. The molecule has 0 saturated carbocycles. The number of ether oxygens (including phenoxy) is 2. The molecule has 0 radical (unpaired) electrons. The Morgan fingerprint density at radius 1 is 1.19 bits per heavy atom. The molecule has 8 heteroatoms. The molecule has 3 rings (SSSR count). The van der Waals surface area contributed by atoms with Crippen molar-refractivity contribution in [1.29, 1.82) is 0 Å². The molecule has 1 saturated heterocycles. The number of aromatic nitrogens is 2. The Hall–Kier alpha value is -2.61. The van der Waals surface area contributed by atoms with Gasteiger partial charge in [0.2, 0.25) is 11.8 Å². The van der Waals surface area contributed by atoms with E-state index >= 15 is 0 Å². The van der Waals surface area contributed by atoms with E-state index in [1.165, 1.54) is 0 Å². The average molecular weight is 445 g/mol. The zero-order valence-corrected chi connectivity index (χ0v) is 19.6. The van der Waals surface area contributed by atoms with Crippen LogP contribution in [0.2, 0.25) is 0 Å². The van der Waals surface area contributed by atoms with Crippen LogP contribution < -0.4 is 14.4 Å². The van der Waals surface area contributed by atoms with Crippen LogP contribution in [0.25, 0.3) is 0 Å². The molecule has 168 valence electrons. The SMILES string of the molecule is C/C=S(\CC(=O)N1CCN(c2cc(OCC(C)C)ncn2)CC1)c1cccc(OC)c1. The number of methoxy groups -OCH3 is 1. The highest BCUT2D eigenvalue weighted by Crippen LogP contribution is 2.29. The Morgan fingerprint density at radius 2 is 1.97 bits per heavy atom. The molecular weight excluding hydrogens is 412 g/mol. The monoisotopic (exact) mass is 444 g/mol. The lowest BCUT2D eigenvalue weighted by molar-refractivity contribution is -0.128. The molecule has 1 aromatic heterocycles. The second kappa shape index (κ2) is 11.1. The largest absolute Gasteiger partial charge is 0.497 e.